The third-order valence-electron chi connectivity index (χ3n) is 2.59. The second-order valence-electron chi connectivity index (χ2n) is 4.32. The molecule has 1 N–H and O–H groups in total. The SMILES string of the molecule is CC(C)[C@H](Sc1ncnc2ccccc12)C(=O)O. The fraction of sp³-hybridized carbons (Fsp3) is 0.308. The summed E-state index contributed by atoms with van der Waals surface area (Å²) >= 11 is 1.28. The Labute approximate surface area is 109 Å². The zero-order valence-electron chi connectivity index (χ0n) is 10.2. The number of carboxylic acid groups (broad SMARTS) is 1. The molecule has 1 heterocycles. The van der Waals surface area contributed by atoms with Crippen molar-refractivity contribution < 1.29 is 9.90 Å². The molecule has 0 spiro atoms. The number of carboxylic acids is 1. The summed E-state index contributed by atoms with van der Waals surface area (Å²) in [6.45, 7) is 3.80. The van der Waals surface area contributed by atoms with Gasteiger partial charge < -0.3 is 5.11 Å². The van der Waals surface area contributed by atoms with Crippen molar-refractivity contribution in [2.75, 3.05) is 0 Å². The zero-order chi connectivity index (χ0) is 13.1. The number of hydrogen-bond acceptors (Lipinski definition) is 4. The number of aliphatic carboxylic acids is 1. The van der Waals surface area contributed by atoms with Gasteiger partial charge in [-0.3, -0.25) is 4.79 Å². The summed E-state index contributed by atoms with van der Waals surface area (Å²) in [5, 5.41) is 10.3. The maximum absolute atomic E-state index is 11.2. The lowest BCUT2D eigenvalue weighted by atomic mass is 10.1. The highest BCUT2D eigenvalue weighted by atomic mass is 32.2. The topological polar surface area (TPSA) is 63.1 Å². The number of benzene rings is 1. The quantitative estimate of drug-likeness (QED) is 0.678. The van der Waals surface area contributed by atoms with Crippen molar-refractivity contribution >= 4 is 28.6 Å². The van der Waals surface area contributed by atoms with E-state index in [1.165, 1.54) is 18.1 Å². The van der Waals surface area contributed by atoms with Crippen LogP contribution in [0.4, 0.5) is 0 Å². The van der Waals surface area contributed by atoms with Gasteiger partial charge in [-0.1, -0.05) is 43.8 Å². The minimum atomic E-state index is -0.808. The van der Waals surface area contributed by atoms with E-state index in [1.807, 2.05) is 38.1 Å². The van der Waals surface area contributed by atoms with Crippen LogP contribution in [-0.2, 0) is 4.79 Å². The van der Waals surface area contributed by atoms with Crippen molar-refractivity contribution in [2.24, 2.45) is 5.92 Å². The number of para-hydroxylation sites is 1. The van der Waals surface area contributed by atoms with Gasteiger partial charge >= 0.3 is 5.97 Å². The Morgan fingerprint density at radius 3 is 2.67 bits per heavy atom. The monoisotopic (exact) mass is 262 g/mol. The Hall–Kier alpha value is -1.62. The molecule has 2 rings (SSSR count). The van der Waals surface area contributed by atoms with Gasteiger partial charge in [-0.25, -0.2) is 9.97 Å². The first kappa shape index (κ1) is 12.8. The predicted octanol–water partition coefficient (Wildman–Crippen LogP) is 2.83. The summed E-state index contributed by atoms with van der Waals surface area (Å²) in [6.07, 6.45) is 1.48. The minimum absolute atomic E-state index is 0.0428. The summed E-state index contributed by atoms with van der Waals surface area (Å²) < 4.78 is 0. The van der Waals surface area contributed by atoms with Gasteiger partial charge in [0.15, 0.2) is 0 Å². The van der Waals surface area contributed by atoms with E-state index < -0.39 is 11.2 Å². The lowest BCUT2D eigenvalue weighted by Crippen LogP contribution is -2.22. The number of carbonyl (C=O) groups is 1. The van der Waals surface area contributed by atoms with Gasteiger partial charge in [-0.15, -0.1) is 0 Å². The highest BCUT2D eigenvalue weighted by molar-refractivity contribution is 8.00. The van der Waals surface area contributed by atoms with E-state index in [9.17, 15) is 9.90 Å². The average Bonchev–Trinajstić information content (AvgIpc) is 2.35. The molecule has 18 heavy (non-hydrogen) atoms. The molecule has 0 fully saturated rings. The fourth-order valence-corrected chi connectivity index (χ4v) is 2.69. The number of fused-ring (bicyclic) bond motifs is 1. The molecule has 1 aromatic heterocycles. The number of rotatable bonds is 4. The molecule has 4 nitrogen and oxygen atoms in total. The van der Waals surface area contributed by atoms with Gasteiger partial charge in [0.1, 0.15) is 16.6 Å². The first-order valence-corrected chi connectivity index (χ1v) is 6.56. The van der Waals surface area contributed by atoms with Gasteiger partial charge in [-0.2, -0.15) is 0 Å². The molecule has 0 saturated carbocycles. The van der Waals surface area contributed by atoms with Crippen molar-refractivity contribution in [3.63, 3.8) is 0 Å². The number of thioether (sulfide) groups is 1. The Bertz CT molecular complexity index is 566. The van der Waals surface area contributed by atoms with E-state index in [-0.39, 0.29) is 5.92 Å². The molecule has 0 unspecified atom stereocenters. The van der Waals surface area contributed by atoms with Crippen LogP contribution in [-0.4, -0.2) is 26.3 Å². The van der Waals surface area contributed by atoms with E-state index in [1.54, 1.807) is 0 Å². The molecule has 0 aliphatic carbocycles. The normalized spacial score (nSPS) is 12.8. The van der Waals surface area contributed by atoms with Gasteiger partial charge in [-0.05, 0) is 12.0 Å². The first-order chi connectivity index (χ1) is 8.59. The van der Waals surface area contributed by atoms with E-state index in [4.69, 9.17) is 0 Å². The maximum atomic E-state index is 11.2. The fourth-order valence-electron chi connectivity index (χ4n) is 1.67. The molecular weight excluding hydrogens is 248 g/mol. The number of aromatic nitrogens is 2. The molecule has 2 aromatic rings. The lowest BCUT2D eigenvalue weighted by molar-refractivity contribution is -0.137. The summed E-state index contributed by atoms with van der Waals surface area (Å²) in [4.78, 5) is 19.6. The Morgan fingerprint density at radius 1 is 1.28 bits per heavy atom. The molecular formula is C13H14N2O2S. The van der Waals surface area contributed by atoms with Crippen LogP contribution in [0.3, 0.4) is 0 Å². The Morgan fingerprint density at radius 2 is 2.00 bits per heavy atom. The molecule has 94 valence electrons. The van der Waals surface area contributed by atoms with Gasteiger partial charge in [0.25, 0.3) is 0 Å². The third kappa shape index (κ3) is 2.61. The van der Waals surface area contributed by atoms with Gasteiger partial charge in [0.05, 0.1) is 5.52 Å². The summed E-state index contributed by atoms with van der Waals surface area (Å²) in [5.41, 5.74) is 0.836. The predicted molar refractivity (Wildman–Crippen MR) is 71.7 cm³/mol. The van der Waals surface area contributed by atoms with Crippen molar-refractivity contribution in [3.05, 3.63) is 30.6 Å². The molecule has 0 amide bonds. The molecule has 0 saturated heterocycles. The van der Waals surface area contributed by atoms with Gasteiger partial charge in [0, 0.05) is 5.39 Å². The second kappa shape index (κ2) is 5.35. The largest absolute Gasteiger partial charge is 0.480 e. The molecule has 0 radical (unpaired) electrons. The second-order valence-corrected chi connectivity index (χ2v) is 5.45. The molecule has 0 aliphatic heterocycles. The van der Waals surface area contributed by atoms with Crippen LogP contribution in [0.2, 0.25) is 0 Å². The van der Waals surface area contributed by atoms with Gasteiger partial charge in [0.2, 0.25) is 0 Å². The molecule has 1 atom stereocenters. The van der Waals surface area contributed by atoms with E-state index >= 15 is 0 Å². The van der Waals surface area contributed by atoms with Crippen LogP contribution >= 0.6 is 11.8 Å². The van der Waals surface area contributed by atoms with Crippen LogP contribution < -0.4 is 0 Å². The maximum Gasteiger partial charge on any atom is 0.317 e. The summed E-state index contributed by atoms with van der Waals surface area (Å²) in [7, 11) is 0. The highest BCUT2D eigenvalue weighted by Crippen LogP contribution is 2.31. The third-order valence-corrected chi connectivity index (χ3v) is 4.14. The lowest BCUT2D eigenvalue weighted by Gasteiger charge is -2.15. The van der Waals surface area contributed by atoms with Crippen LogP contribution in [0.5, 0.6) is 0 Å². The van der Waals surface area contributed by atoms with Crippen molar-refractivity contribution in [1.82, 2.24) is 9.97 Å². The van der Waals surface area contributed by atoms with Crippen molar-refractivity contribution in [1.29, 1.82) is 0 Å². The van der Waals surface area contributed by atoms with Crippen LogP contribution in [0, 0.1) is 5.92 Å². The van der Waals surface area contributed by atoms with Crippen LogP contribution in [0.25, 0.3) is 10.9 Å². The number of hydrogen-bond donors (Lipinski definition) is 1. The van der Waals surface area contributed by atoms with Crippen LogP contribution in [0.1, 0.15) is 13.8 Å². The van der Waals surface area contributed by atoms with E-state index in [0.717, 1.165) is 15.9 Å². The van der Waals surface area contributed by atoms with Crippen molar-refractivity contribution in [3.8, 4) is 0 Å². The minimum Gasteiger partial charge on any atom is -0.480 e. The van der Waals surface area contributed by atoms with E-state index in [0.29, 0.717) is 0 Å². The van der Waals surface area contributed by atoms with Crippen LogP contribution in [0.15, 0.2) is 35.6 Å². The molecule has 0 aliphatic rings. The summed E-state index contributed by atoms with van der Waals surface area (Å²) in [6, 6.07) is 7.62. The molecule has 5 heteroatoms. The van der Waals surface area contributed by atoms with Crippen molar-refractivity contribution in [2.45, 2.75) is 24.1 Å². The Balaban J connectivity index is 2.39. The Kier molecular flexibility index (Phi) is 3.81. The highest BCUT2D eigenvalue weighted by Gasteiger charge is 2.24. The number of nitrogens with zero attached hydrogens (tertiary/aromatic N) is 2. The average molecular weight is 262 g/mol. The molecule has 0 bridgehead atoms. The van der Waals surface area contributed by atoms with E-state index in [2.05, 4.69) is 9.97 Å². The standard InChI is InChI=1S/C13H14N2O2S/c1-8(2)11(13(16)17)18-12-9-5-3-4-6-10(9)14-7-15-12/h3-8,11H,1-2H3,(H,16,17)/t11-/m0/s1. The molecule has 1 aromatic carbocycles. The smallest absolute Gasteiger partial charge is 0.317 e. The first-order valence-electron chi connectivity index (χ1n) is 5.69. The summed E-state index contributed by atoms with van der Waals surface area (Å²) in [5.74, 6) is -0.765. The zero-order valence-corrected chi connectivity index (χ0v) is 11.0.